The zero-order valence-corrected chi connectivity index (χ0v) is 9.72. The highest BCUT2D eigenvalue weighted by molar-refractivity contribution is 8.00. The molecular formula is C11H16FNOS. The van der Waals surface area contributed by atoms with Crippen molar-refractivity contribution in [2.75, 3.05) is 6.61 Å². The van der Waals surface area contributed by atoms with E-state index in [0.717, 1.165) is 10.5 Å². The SMILES string of the molecule is CC(CO)Sc1ccc(F)cc1[C@@H](C)N. The fourth-order valence-electron chi connectivity index (χ4n) is 1.24. The van der Waals surface area contributed by atoms with Crippen molar-refractivity contribution in [2.24, 2.45) is 5.73 Å². The number of hydrogen-bond donors (Lipinski definition) is 2. The van der Waals surface area contributed by atoms with Crippen molar-refractivity contribution in [2.45, 2.75) is 30.0 Å². The molecule has 0 aromatic heterocycles. The summed E-state index contributed by atoms with van der Waals surface area (Å²) in [5, 5.41) is 9.04. The molecule has 0 aliphatic heterocycles. The van der Waals surface area contributed by atoms with Crippen LogP contribution in [0.3, 0.4) is 0 Å². The van der Waals surface area contributed by atoms with Gasteiger partial charge < -0.3 is 10.8 Å². The minimum absolute atomic E-state index is 0.0907. The van der Waals surface area contributed by atoms with Gasteiger partial charge in [-0.15, -0.1) is 11.8 Å². The molecule has 2 nitrogen and oxygen atoms in total. The van der Waals surface area contributed by atoms with Crippen LogP contribution in [-0.2, 0) is 0 Å². The Morgan fingerprint density at radius 3 is 2.67 bits per heavy atom. The van der Waals surface area contributed by atoms with Crippen LogP contribution in [0.1, 0.15) is 25.5 Å². The Morgan fingerprint density at radius 2 is 2.13 bits per heavy atom. The van der Waals surface area contributed by atoms with Crippen molar-refractivity contribution in [3.05, 3.63) is 29.6 Å². The topological polar surface area (TPSA) is 46.2 Å². The smallest absolute Gasteiger partial charge is 0.123 e. The van der Waals surface area contributed by atoms with E-state index in [-0.39, 0.29) is 23.7 Å². The van der Waals surface area contributed by atoms with Gasteiger partial charge in [-0.2, -0.15) is 0 Å². The highest BCUT2D eigenvalue weighted by Crippen LogP contribution is 2.30. The molecule has 0 aliphatic rings. The molecule has 0 fully saturated rings. The van der Waals surface area contributed by atoms with E-state index in [4.69, 9.17) is 10.8 Å². The molecule has 0 spiro atoms. The van der Waals surface area contributed by atoms with Gasteiger partial charge in [0.05, 0.1) is 6.61 Å². The third-order valence-electron chi connectivity index (χ3n) is 2.05. The van der Waals surface area contributed by atoms with Crippen molar-refractivity contribution in [3.8, 4) is 0 Å². The molecule has 1 unspecified atom stereocenters. The van der Waals surface area contributed by atoms with Gasteiger partial charge in [0, 0.05) is 16.2 Å². The van der Waals surface area contributed by atoms with E-state index < -0.39 is 0 Å². The highest BCUT2D eigenvalue weighted by Gasteiger charge is 2.11. The Bertz CT molecular complexity index is 330. The van der Waals surface area contributed by atoms with Gasteiger partial charge in [-0.3, -0.25) is 0 Å². The summed E-state index contributed by atoms with van der Waals surface area (Å²) in [6, 6.07) is 4.38. The standard InChI is InChI=1S/C11H16FNOS/c1-7(6-14)15-11-4-3-9(12)5-10(11)8(2)13/h3-5,7-8,14H,6,13H2,1-2H3/t7?,8-/m1/s1. The van der Waals surface area contributed by atoms with E-state index in [1.807, 2.05) is 13.8 Å². The number of hydrogen-bond acceptors (Lipinski definition) is 3. The Hall–Kier alpha value is -0.580. The van der Waals surface area contributed by atoms with Gasteiger partial charge in [-0.1, -0.05) is 6.92 Å². The number of halogens is 1. The van der Waals surface area contributed by atoms with Crippen LogP contribution in [0.2, 0.25) is 0 Å². The monoisotopic (exact) mass is 229 g/mol. The lowest BCUT2D eigenvalue weighted by atomic mass is 10.1. The first-order chi connectivity index (χ1) is 7.04. The summed E-state index contributed by atoms with van der Waals surface area (Å²) in [5.41, 5.74) is 6.55. The number of aliphatic hydroxyl groups is 1. The quantitative estimate of drug-likeness (QED) is 0.779. The lowest BCUT2D eigenvalue weighted by Gasteiger charge is -2.15. The maximum Gasteiger partial charge on any atom is 0.123 e. The van der Waals surface area contributed by atoms with Gasteiger partial charge in [-0.25, -0.2) is 4.39 Å². The van der Waals surface area contributed by atoms with E-state index in [2.05, 4.69) is 0 Å². The molecule has 0 bridgehead atoms. The third kappa shape index (κ3) is 3.48. The van der Waals surface area contributed by atoms with Crippen LogP contribution in [0, 0.1) is 5.82 Å². The van der Waals surface area contributed by atoms with E-state index in [0.29, 0.717) is 0 Å². The molecule has 15 heavy (non-hydrogen) atoms. The predicted octanol–water partition coefficient (Wildman–Crippen LogP) is 2.32. The molecule has 4 heteroatoms. The van der Waals surface area contributed by atoms with E-state index in [9.17, 15) is 4.39 Å². The Morgan fingerprint density at radius 1 is 1.47 bits per heavy atom. The zero-order chi connectivity index (χ0) is 11.4. The minimum Gasteiger partial charge on any atom is -0.395 e. The predicted molar refractivity (Wildman–Crippen MR) is 61.4 cm³/mol. The second-order valence-corrected chi connectivity index (χ2v) is 5.06. The molecule has 0 saturated carbocycles. The Labute approximate surface area is 93.7 Å². The summed E-state index contributed by atoms with van der Waals surface area (Å²) < 4.78 is 13.0. The summed E-state index contributed by atoms with van der Waals surface area (Å²) in [6.45, 7) is 3.84. The molecule has 1 rings (SSSR count). The first-order valence-corrected chi connectivity index (χ1v) is 5.75. The van der Waals surface area contributed by atoms with E-state index in [1.54, 1.807) is 6.07 Å². The fraction of sp³-hybridized carbons (Fsp3) is 0.455. The van der Waals surface area contributed by atoms with Crippen LogP contribution < -0.4 is 5.73 Å². The first-order valence-electron chi connectivity index (χ1n) is 4.87. The summed E-state index contributed by atoms with van der Waals surface area (Å²) in [5.74, 6) is -0.275. The Balaban J connectivity index is 2.95. The summed E-state index contributed by atoms with van der Waals surface area (Å²) in [6.07, 6.45) is 0. The van der Waals surface area contributed by atoms with E-state index >= 15 is 0 Å². The van der Waals surface area contributed by atoms with Crippen LogP contribution in [0.4, 0.5) is 4.39 Å². The van der Waals surface area contributed by atoms with Gasteiger partial charge in [0.25, 0.3) is 0 Å². The van der Waals surface area contributed by atoms with Gasteiger partial charge in [0.1, 0.15) is 5.82 Å². The van der Waals surface area contributed by atoms with Gasteiger partial charge in [0.2, 0.25) is 0 Å². The lowest BCUT2D eigenvalue weighted by molar-refractivity contribution is 0.300. The van der Waals surface area contributed by atoms with Crippen molar-refractivity contribution < 1.29 is 9.50 Å². The van der Waals surface area contributed by atoms with Crippen LogP contribution in [-0.4, -0.2) is 17.0 Å². The largest absolute Gasteiger partial charge is 0.395 e. The fourth-order valence-corrected chi connectivity index (χ4v) is 2.27. The van der Waals surface area contributed by atoms with Gasteiger partial charge in [-0.05, 0) is 30.7 Å². The van der Waals surface area contributed by atoms with Crippen molar-refractivity contribution in [3.63, 3.8) is 0 Å². The number of rotatable bonds is 4. The highest BCUT2D eigenvalue weighted by atomic mass is 32.2. The van der Waals surface area contributed by atoms with Gasteiger partial charge in [0.15, 0.2) is 0 Å². The molecule has 0 heterocycles. The molecule has 0 amide bonds. The molecule has 0 aliphatic carbocycles. The van der Waals surface area contributed by atoms with E-state index in [1.165, 1.54) is 23.9 Å². The van der Waals surface area contributed by atoms with Crippen LogP contribution in [0.25, 0.3) is 0 Å². The Kier molecular flexibility index (Phi) is 4.57. The maximum absolute atomic E-state index is 13.0. The second-order valence-electron chi connectivity index (χ2n) is 3.58. The van der Waals surface area contributed by atoms with Crippen molar-refractivity contribution in [1.82, 2.24) is 0 Å². The number of aliphatic hydroxyl groups excluding tert-OH is 1. The molecule has 3 N–H and O–H groups in total. The average Bonchev–Trinajstić information content (AvgIpc) is 2.20. The van der Waals surface area contributed by atoms with Crippen LogP contribution in [0.15, 0.2) is 23.1 Å². The lowest BCUT2D eigenvalue weighted by Crippen LogP contribution is -2.09. The second kappa shape index (κ2) is 5.49. The van der Waals surface area contributed by atoms with Crippen LogP contribution in [0.5, 0.6) is 0 Å². The zero-order valence-electron chi connectivity index (χ0n) is 8.90. The summed E-state index contributed by atoms with van der Waals surface area (Å²) in [4.78, 5) is 0.938. The molecule has 84 valence electrons. The third-order valence-corrected chi connectivity index (χ3v) is 3.22. The molecule has 0 saturated heterocycles. The average molecular weight is 229 g/mol. The minimum atomic E-state index is -0.275. The van der Waals surface area contributed by atoms with Crippen molar-refractivity contribution >= 4 is 11.8 Å². The summed E-state index contributed by atoms with van der Waals surface area (Å²) in [7, 11) is 0. The van der Waals surface area contributed by atoms with Crippen LogP contribution >= 0.6 is 11.8 Å². The summed E-state index contributed by atoms with van der Waals surface area (Å²) >= 11 is 1.51. The number of thioether (sulfide) groups is 1. The normalized spacial score (nSPS) is 15.0. The number of benzene rings is 1. The van der Waals surface area contributed by atoms with Crippen molar-refractivity contribution in [1.29, 1.82) is 0 Å². The molecule has 2 atom stereocenters. The molecule has 0 radical (unpaired) electrons. The molecular weight excluding hydrogens is 213 g/mol. The van der Waals surface area contributed by atoms with Gasteiger partial charge >= 0.3 is 0 Å². The number of nitrogens with two attached hydrogens (primary N) is 1. The molecule has 1 aromatic carbocycles. The first kappa shape index (κ1) is 12.5. The maximum atomic E-state index is 13.0. The molecule has 1 aromatic rings.